The Bertz CT molecular complexity index is 1160. The maximum Gasteiger partial charge on any atom is 0.261 e. The number of nitrogens with zero attached hydrogens (tertiary/aromatic N) is 3. The number of halogens is 1. The van der Waals surface area contributed by atoms with Crippen LogP contribution >= 0.6 is 0 Å². The molecule has 31 heavy (non-hydrogen) atoms. The smallest absolute Gasteiger partial charge is 0.261 e. The first-order chi connectivity index (χ1) is 14.8. The summed E-state index contributed by atoms with van der Waals surface area (Å²) in [6.07, 6.45) is 2.33. The molecule has 8 heteroatoms. The van der Waals surface area contributed by atoms with Crippen molar-refractivity contribution in [2.24, 2.45) is 5.92 Å². The van der Waals surface area contributed by atoms with E-state index < -0.39 is 15.8 Å². The number of rotatable bonds is 5. The van der Waals surface area contributed by atoms with Gasteiger partial charge in [0.15, 0.2) is 5.82 Å². The van der Waals surface area contributed by atoms with Crippen molar-refractivity contribution in [2.45, 2.75) is 31.6 Å². The fourth-order valence-electron chi connectivity index (χ4n) is 3.59. The molecule has 1 aliphatic heterocycles. The number of aromatic nitrogens is 2. The van der Waals surface area contributed by atoms with Gasteiger partial charge in [-0.25, -0.2) is 12.8 Å². The summed E-state index contributed by atoms with van der Waals surface area (Å²) in [7, 11) is -3.80. The van der Waals surface area contributed by atoms with Gasteiger partial charge in [0.25, 0.3) is 10.0 Å². The molecule has 0 atom stereocenters. The minimum atomic E-state index is -3.80. The van der Waals surface area contributed by atoms with E-state index in [0.29, 0.717) is 5.69 Å². The van der Waals surface area contributed by atoms with Crippen LogP contribution in [-0.4, -0.2) is 31.7 Å². The van der Waals surface area contributed by atoms with Gasteiger partial charge in [0.1, 0.15) is 5.82 Å². The average molecular weight is 441 g/mol. The predicted molar refractivity (Wildman–Crippen MR) is 120 cm³/mol. The minimum Gasteiger partial charge on any atom is -0.355 e. The lowest BCUT2D eigenvalue weighted by Gasteiger charge is -2.30. The molecule has 0 saturated carbocycles. The molecule has 6 nitrogen and oxygen atoms in total. The van der Waals surface area contributed by atoms with Crippen LogP contribution in [0.4, 0.5) is 15.9 Å². The topological polar surface area (TPSA) is 75.2 Å². The number of aryl methyl sites for hydroxylation is 1. The quantitative estimate of drug-likeness (QED) is 0.626. The number of piperidine rings is 1. The van der Waals surface area contributed by atoms with Gasteiger partial charge in [-0.1, -0.05) is 19.1 Å². The molecule has 2 heterocycles. The zero-order chi connectivity index (χ0) is 22.0. The summed E-state index contributed by atoms with van der Waals surface area (Å²) in [6.45, 7) is 5.80. The highest BCUT2D eigenvalue weighted by Gasteiger charge is 2.18. The largest absolute Gasteiger partial charge is 0.355 e. The molecule has 162 valence electrons. The summed E-state index contributed by atoms with van der Waals surface area (Å²) < 4.78 is 41.1. The first-order valence-corrected chi connectivity index (χ1v) is 11.8. The van der Waals surface area contributed by atoms with E-state index in [-0.39, 0.29) is 10.5 Å². The van der Waals surface area contributed by atoms with Crippen molar-refractivity contribution in [1.82, 2.24) is 10.2 Å². The van der Waals surface area contributed by atoms with Crippen LogP contribution in [0.25, 0.3) is 11.3 Å². The first-order valence-electron chi connectivity index (χ1n) is 10.3. The van der Waals surface area contributed by atoms with E-state index in [9.17, 15) is 12.8 Å². The Hall–Kier alpha value is -3.00. The lowest BCUT2D eigenvalue weighted by atomic mass is 9.99. The molecule has 0 radical (unpaired) electrons. The molecule has 0 bridgehead atoms. The lowest BCUT2D eigenvalue weighted by molar-refractivity contribution is 0.436. The normalized spacial score (nSPS) is 15.1. The number of anilines is 2. The van der Waals surface area contributed by atoms with Gasteiger partial charge in [-0.2, -0.15) is 0 Å². The highest BCUT2D eigenvalue weighted by atomic mass is 32.2. The molecule has 3 aromatic rings. The molecule has 0 spiro atoms. The highest BCUT2D eigenvalue weighted by molar-refractivity contribution is 7.92. The maximum atomic E-state index is 13.4. The van der Waals surface area contributed by atoms with Crippen LogP contribution in [0.1, 0.15) is 25.3 Å². The third-order valence-corrected chi connectivity index (χ3v) is 7.01. The van der Waals surface area contributed by atoms with Gasteiger partial charge in [0, 0.05) is 24.3 Å². The summed E-state index contributed by atoms with van der Waals surface area (Å²) in [5.41, 5.74) is 2.25. The van der Waals surface area contributed by atoms with E-state index in [4.69, 9.17) is 0 Å². The summed E-state index contributed by atoms with van der Waals surface area (Å²) in [5, 5.41) is 8.72. The van der Waals surface area contributed by atoms with Crippen molar-refractivity contribution in [2.75, 3.05) is 22.7 Å². The number of benzene rings is 2. The lowest BCUT2D eigenvalue weighted by Crippen LogP contribution is -2.33. The Kier molecular flexibility index (Phi) is 5.91. The minimum absolute atomic E-state index is 0.0176. The Labute approximate surface area is 182 Å². The SMILES string of the molecule is Cc1cc(S(=O)(=O)Nc2ccc(-c3ccc(N4CCC(C)CC4)nn3)cc2)ccc1F. The molecule has 0 aliphatic carbocycles. The number of hydrogen-bond acceptors (Lipinski definition) is 5. The molecule has 2 aromatic carbocycles. The highest BCUT2D eigenvalue weighted by Crippen LogP contribution is 2.25. The summed E-state index contributed by atoms with van der Waals surface area (Å²) in [4.78, 5) is 2.27. The number of sulfonamides is 1. The zero-order valence-corrected chi connectivity index (χ0v) is 18.4. The van der Waals surface area contributed by atoms with Crippen molar-refractivity contribution in [3.05, 3.63) is 66.0 Å². The summed E-state index contributed by atoms with van der Waals surface area (Å²) in [6, 6.07) is 14.5. The molecule has 1 saturated heterocycles. The second-order valence-electron chi connectivity index (χ2n) is 8.04. The molecule has 4 rings (SSSR count). The summed E-state index contributed by atoms with van der Waals surface area (Å²) >= 11 is 0. The van der Waals surface area contributed by atoms with Gasteiger partial charge in [-0.05, 0) is 73.7 Å². The van der Waals surface area contributed by atoms with Crippen LogP contribution in [0.2, 0.25) is 0 Å². The molecule has 1 fully saturated rings. The van der Waals surface area contributed by atoms with Crippen molar-refractivity contribution >= 4 is 21.5 Å². The Morgan fingerprint density at radius 2 is 1.71 bits per heavy atom. The molecular formula is C23H25FN4O2S. The van der Waals surface area contributed by atoms with Crippen molar-refractivity contribution in [1.29, 1.82) is 0 Å². The van der Waals surface area contributed by atoms with E-state index in [1.165, 1.54) is 19.1 Å². The van der Waals surface area contributed by atoms with E-state index in [2.05, 4.69) is 26.7 Å². The van der Waals surface area contributed by atoms with E-state index in [1.807, 2.05) is 12.1 Å². The summed E-state index contributed by atoms with van der Waals surface area (Å²) in [5.74, 6) is 1.20. The van der Waals surface area contributed by atoms with Crippen LogP contribution in [-0.2, 0) is 10.0 Å². The van der Waals surface area contributed by atoms with Crippen molar-refractivity contribution < 1.29 is 12.8 Å². The molecule has 1 N–H and O–H groups in total. The standard InChI is InChI=1S/C23H25FN4O2S/c1-16-11-13-28(14-12-16)23-10-9-22(25-26-23)18-3-5-19(6-4-18)27-31(29,30)20-7-8-21(24)17(2)15-20/h3-10,15-16,27H,11-14H2,1-2H3. The molecule has 0 unspecified atom stereocenters. The molecule has 1 aromatic heterocycles. The second kappa shape index (κ2) is 8.63. The second-order valence-corrected chi connectivity index (χ2v) is 9.72. The van der Waals surface area contributed by atoms with E-state index in [0.717, 1.165) is 55.0 Å². The van der Waals surface area contributed by atoms with Crippen LogP contribution in [0.5, 0.6) is 0 Å². The predicted octanol–water partition coefficient (Wildman–Crippen LogP) is 4.63. The number of hydrogen-bond donors (Lipinski definition) is 1. The van der Waals surface area contributed by atoms with Crippen LogP contribution in [0.15, 0.2) is 59.5 Å². The Balaban J connectivity index is 1.46. The first kappa shape index (κ1) is 21.2. The molecule has 1 aliphatic rings. The third-order valence-electron chi connectivity index (χ3n) is 5.63. The zero-order valence-electron chi connectivity index (χ0n) is 17.5. The molecular weight excluding hydrogens is 415 g/mol. The monoisotopic (exact) mass is 440 g/mol. The van der Waals surface area contributed by atoms with Crippen LogP contribution in [0.3, 0.4) is 0 Å². The van der Waals surface area contributed by atoms with Gasteiger partial charge in [0.2, 0.25) is 0 Å². The fourth-order valence-corrected chi connectivity index (χ4v) is 4.74. The molecule has 0 amide bonds. The van der Waals surface area contributed by atoms with Gasteiger partial charge in [-0.3, -0.25) is 4.72 Å². The average Bonchev–Trinajstić information content (AvgIpc) is 2.76. The Morgan fingerprint density at radius 1 is 1.00 bits per heavy atom. The van der Waals surface area contributed by atoms with Crippen molar-refractivity contribution in [3.8, 4) is 11.3 Å². The van der Waals surface area contributed by atoms with Crippen LogP contribution < -0.4 is 9.62 Å². The van der Waals surface area contributed by atoms with Gasteiger partial charge in [0.05, 0.1) is 10.6 Å². The van der Waals surface area contributed by atoms with Gasteiger partial charge < -0.3 is 4.90 Å². The van der Waals surface area contributed by atoms with E-state index in [1.54, 1.807) is 24.3 Å². The Morgan fingerprint density at radius 3 is 2.32 bits per heavy atom. The fraction of sp³-hybridized carbons (Fsp3) is 0.304. The van der Waals surface area contributed by atoms with Crippen molar-refractivity contribution in [3.63, 3.8) is 0 Å². The third kappa shape index (κ3) is 4.85. The van der Waals surface area contributed by atoms with Gasteiger partial charge in [-0.15, -0.1) is 10.2 Å². The van der Waals surface area contributed by atoms with Crippen LogP contribution in [0, 0.1) is 18.7 Å². The maximum absolute atomic E-state index is 13.4. The number of nitrogens with one attached hydrogen (secondary N) is 1. The van der Waals surface area contributed by atoms with Gasteiger partial charge >= 0.3 is 0 Å². The van der Waals surface area contributed by atoms with E-state index >= 15 is 0 Å².